The molecular weight excluding hydrogens is 182 g/mol. The molecule has 1 aliphatic rings. The van der Waals surface area contributed by atoms with Gasteiger partial charge >= 0.3 is 0 Å². The van der Waals surface area contributed by atoms with Gasteiger partial charge in [0.1, 0.15) is 10.8 Å². The second kappa shape index (κ2) is 3.72. The van der Waals surface area contributed by atoms with Crippen molar-refractivity contribution in [3.63, 3.8) is 0 Å². The average molecular weight is 197 g/mol. The molecule has 2 unspecified atom stereocenters. The van der Waals surface area contributed by atoms with E-state index in [2.05, 4.69) is 9.36 Å². The predicted octanol–water partition coefficient (Wildman–Crippen LogP) is 1.83. The van der Waals surface area contributed by atoms with Gasteiger partial charge < -0.3 is 5.73 Å². The number of aromatic nitrogens is 2. The number of hydrogen-bond donors (Lipinski definition) is 1. The van der Waals surface area contributed by atoms with Crippen molar-refractivity contribution in [3.05, 3.63) is 10.8 Å². The Morgan fingerprint density at radius 3 is 2.77 bits per heavy atom. The van der Waals surface area contributed by atoms with Crippen molar-refractivity contribution >= 4 is 11.5 Å². The molecule has 13 heavy (non-hydrogen) atoms. The van der Waals surface area contributed by atoms with Crippen molar-refractivity contribution < 1.29 is 0 Å². The van der Waals surface area contributed by atoms with Crippen LogP contribution in [0.5, 0.6) is 0 Å². The molecule has 1 heterocycles. The minimum Gasteiger partial charge on any atom is -0.327 e. The van der Waals surface area contributed by atoms with E-state index in [4.69, 9.17) is 5.73 Å². The lowest BCUT2D eigenvalue weighted by molar-refractivity contribution is 0.384. The van der Waals surface area contributed by atoms with Crippen molar-refractivity contribution in [3.8, 4) is 0 Å². The SMILES string of the molecule is Cc1nsc(C2CCCCC2N)n1. The van der Waals surface area contributed by atoms with Crippen LogP contribution in [0.1, 0.15) is 42.4 Å². The Morgan fingerprint density at radius 1 is 1.38 bits per heavy atom. The average Bonchev–Trinajstić information content (AvgIpc) is 2.53. The van der Waals surface area contributed by atoms with Crippen LogP contribution in [-0.4, -0.2) is 15.4 Å². The fraction of sp³-hybridized carbons (Fsp3) is 0.778. The Labute approximate surface area is 82.5 Å². The van der Waals surface area contributed by atoms with Crippen molar-refractivity contribution in [2.75, 3.05) is 0 Å². The summed E-state index contributed by atoms with van der Waals surface area (Å²) in [5, 5.41) is 1.14. The van der Waals surface area contributed by atoms with Gasteiger partial charge in [0.15, 0.2) is 0 Å². The standard InChI is InChI=1S/C9H15N3S/c1-6-11-9(13-12-6)7-4-2-3-5-8(7)10/h7-8H,2-5,10H2,1H3. The highest BCUT2D eigenvalue weighted by atomic mass is 32.1. The molecule has 4 heteroatoms. The number of rotatable bonds is 1. The Bertz CT molecular complexity index is 284. The van der Waals surface area contributed by atoms with E-state index in [1.165, 1.54) is 30.8 Å². The molecule has 3 nitrogen and oxygen atoms in total. The maximum Gasteiger partial charge on any atom is 0.139 e. The van der Waals surface area contributed by atoms with Gasteiger partial charge in [-0.15, -0.1) is 0 Å². The van der Waals surface area contributed by atoms with Crippen LogP contribution in [0, 0.1) is 6.92 Å². The van der Waals surface area contributed by atoms with Gasteiger partial charge in [0.25, 0.3) is 0 Å². The zero-order valence-corrected chi connectivity index (χ0v) is 8.68. The molecule has 2 atom stereocenters. The molecule has 1 saturated carbocycles. The van der Waals surface area contributed by atoms with Gasteiger partial charge in [0.2, 0.25) is 0 Å². The summed E-state index contributed by atoms with van der Waals surface area (Å²) in [6, 6.07) is 0.307. The molecule has 0 spiro atoms. The second-order valence-corrected chi connectivity index (χ2v) is 4.52. The summed E-state index contributed by atoms with van der Waals surface area (Å²) in [5.74, 6) is 1.36. The summed E-state index contributed by atoms with van der Waals surface area (Å²) in [7, 11) is 0. The molecule has 0 radical (unpaired) electrons. The smallest absolute Gasteiger partial charge is 0.139 e. The van der Waals surface area contributed by atoms with E-state index in [0.29, 0.717) is 12.0 Å². The molecule has 2 N–H and O–H groups in total. The quantitative estimate of drug-likeness (QED) is 0.747. The van der Waals surface area contributed by atoms with Crippen molar-refractivity contribution in [1.29, 1.82) is 0 Å². The van der Waals surface area contributed by atoms with Gasteiger partial charge in [-0.3, -0.25) is 0 Å². The van der Waals surface area contributed by atoms with Gasteiger partial charge in [0, 0.05) is 12.0 Å². The molecule has 0 aromatic carbocycles. The third kappa shape index (κ3) is 1.89. The van der Waals surface area contributed by atoms with E-state index in [9.17, 15) is 0 Å². The van der Waals surface area contributed by atoms with Gasteiger partial charge in [-0.25, -0.2) is 4.98 Å². The number of nitrogens with two attached hydrogens (primary N) is 1. The van der Waals surface area contributed by atoms with Crippen molar-refractivity contribution in [1.82, 2.24) is 9.36 Å². The lowest BCUT2D eigenvalue weighted by Crippen LogP contribution is -2.31. The predicted molar refractivity (Wildman–Crippen MR) is 53.8 cm³/mol. The summed E-state index contributed by atoms with van der Waals surface area (Å²) < 4.78 is 4.20. The van der Waals surface area contributed by atoms with E-state index >= 15 is 0 Å². The molecule has 0 saturated heterocycles. The summed E-state index contributed by atoms with van der Waals surface area (Å²) in [6.07, 6.45) is 4.89. The highest BCUT2D eigenvalue weighted by Crippen LogP contribution is 2.32. The first-order valence-corrected chi connectivity index (χ1v) is 5.60. The molecule has 1 aromatic heterocycles. The van der Waals surface area contributed by atoms with Crippen molar-refractivity contribution in [2.24, 2.45) is 5.73 Å². The summed E-state index contributed by atoms with van der Waals surface area (Å²) in [4.78, 5) is 4.41. The zero-order chi connectivity index (χ0) is 9.26. The third-order valence-electron chi connectivity index (χ3n) is 2.68. The van der Waals surface area contributed by atoms with E-state index in [-0.39, 0.29) is 0 Å². The van der Waals surface area contributed by atoms with E-state index < -0.39 is 0 Å². The molecule has 72 valence electrons. The maximum absolute atomic E-state index is 6.06. The van der Waals surface area contributed by atoms with Crippen LogP contribution in [0.15, 0.2) is 0 Å². The van der Waals surface area contributed by atoms with E-state index in [0.717, 1.165) is 17.3 Å². The van der Waals surface area contributed by atoms with Gasteiger partial charge in [0.05, 0.1) is 0 Å². The molecular formula is C9H15N3S. The Hall–Kier alpha value is -0.480. The van der Waals surface area contributed by atoms with Crippen molar-refractivity contribution in [2.45, 2.75) is 44.6 Å². The van der Waals surface area contributed by atoms with E-state index in [1.54, 1.807) is 0 Å². The topological polar surface area (TPSA) is 51.8 Å². The van der Waals surface area contributed by atoms with Gasteiger partial charge in [-0.05, 0) is 31.3 Å². The third-order valence-corrected chi connectivity index (χ3v) is 3.62. The number of aryl methyl sites for hydroxylation is 1. The fourth-order valence-electron chi connectivity index (χ4n) is 1.93. The molecule has 0 amide bonds. The minimum absolute atomic E-state index is 0.307. The Balaban J connectivity index is 2.14. The largest absolute Gasteiger partial charge is 0.327 e. The van der Waals surface area contributed by atoms with E-state index in [1.807, 2.05) is 6.92 Å². The summed E-state index contributed by atoms with van der Waals surface area (Å²) >= 11 is 1.52. The summed E-state index contributed by atoms with van der Waals surface area (Å²) in [5.41, 5.74) is 6.06. The lowest BCUT2D eigenvalue weighted by Gasteiger charge is -2.26. The zero-order valence-electron chi connectivity index (χ0n) is 7.86. The Kier molecular flexibility index (Phi) is 2.60. The molecule has 1 aromatic rings. The van der Waals surface area contributed by atoms with Gasteiger partial charge in [-0.2, -0.15) is 4.37 Å². The lowest BCUT2D eigenvalue weighted by atomic mass is 9.85. The highest BCUT2D eigenvalue weighted by molar-refractivity contribution is 7.05. The van der Waals surface area contributed by atoms with Crippen LogP contribution in [0.25, 0.3) is 0 Å². The fourth-order valence-corrected chi connectivity index (χ4v) is 2.80. The van der Waals surface area contributed by atoms with Crippen LogP contribution >= 0.6 is 11.5 Å². The number of hydrogen-bond acceptors (Lipinski definition) is 4. The summed E-state index contributed by atoms with van der Waals surface area (Å²) in [6.45, 7) is 1.94. The second-order valence-electron chi connectivity index (χ2n) is 3.73. The van der Waals surface area contributed by atoms with Crippen LogP contribution < -0.4 is 5.73 Å². The minimum atomic E-state index is 0.307. The van der Waals surface area contributed by atoms with Crippen LogP contribution in [-0.2, 0) is 0 Å². The highest BCUT2D eigenvalue weighted by Gasteiger charge is 2.25. The molecule has 0 bridgehead atoms. The molecule has 1 aliphatic carbocycles. The van der Waals surface area contributed by atoms with Gasteiger partial charge in [-0.1, -0.05) is 12.8 Å². The molecule has 1 fully saturated rings. The first-order chi connectivity index (χ1) is 6.27. The van der Waals surface area contributed by atoms with Crippen LogP contribution in [0.2, 0.25) is 0 Å². The first-order valence-electron chi connectivity index (χ1n) is 4.83. The van der Waals surface area contributed by atoms with Crippen LogP contribution in [0.4, 0.5) is 0 Å². The Morgan fingerprint density at radius 2 is 2.15 bits per heavy atom. The molecule has 2 rings (SSSR count). The normalized spacial score (nSPS) is 29.1. The number of nitrogens with zero attached hydrogens (tertiary/aromatic N) is 2. The maximum atomic E-state index is 6.06. The van der Waals surface area contributed by atoms with Crippen LogP contribution in [0.3, 0.4) is 0 Å². The first kappa shape index (κ1) is 9.09. The molecule has 0 aliphatic heterocycles. The monoisotopic (exact) mass is 197 g/mol.